The molecule has 0 radical (unpaired) electrons. The second-order valence-corrected chi connectivity index (χ2v) is 5.14. The highest BCUT2D eigenvalue weighted by atomic mass is 16.5. The van der Waals surface area contributed by atoms with Gasteiger partial charge in [-0.1, -0.05) is 19.0 Å². The van der Waals surface area contributed by atoms with Crippen LogP contribution in [0.3, 0.4) is 0 Å². The van der Waals surface area contributed by atoms with Gasteiger partial charge in [0.05, 0.1) is 0 Å². The van der Waals surface area contributed by atoms with Gasteiger partial charge in [0.15, 0.2) is 5.82 Å². The molecule has 1 atom stereocenters. The first-order valence-electron chi connectivity index (χ1n) is 6.75. The molecular formula is C13H23N3O. The molecule has 0 aromatic carbocycles. The molecule has 0 saturated heterocycles. The molecule has 1 saturated carbocycles. The zero-order valence-electron chi connectivity index (χ0n) is 11.1. The van der Waals surface area contributed by atoms with Crippen LogP contribution >= 0.6 is 0 Å². The molecule has 4 heteroatoms. The lowest BCUT2D eigenvalue weighted by Crippen LogP contribution is -2.29. The molecule has 2 rings (SSSR count). The summed E-state index contributed by atoms with van der Waals surface area (Å²) in [5.74, 6) is 2.61. The van der Waals surface area contributed by atoms with E-state index in [4.69, 9.17) is 4.52 Å². The zero-order chi connectivity index (χ0) is 12.3. The lowest BCUT2D eigenvalue weighted by molar-refractivity contribution is 0.287. The van der Waals surface area contributed by atoms with Gasteiger partial charge >= 0.3 is 0 Å². The van der Waals surface area contributed by atoms with E-state index in [1.165, 1.54) is 12.8 Å². The first-order chi connectivity index (χ1) is 8.24. The smallest absolute Gasteiger partial charge is 0.229 e. The summed E-state index contributed by atoms with van der Waals surface area (Å²) in [6.45, 7) is 4.30. The number of hydrogen-bond donors (Lipinski definition) is 1. The first kappa shape index (κ1) is 12.6. The predicted octanol–water partition coefficient (Wildman–Crippen LogP) is 2.83. The highest BCUT2D eigenvalue weighted by molar-refractivity contribution is 4.99. The Balaban J connectivity index is 1.97. The van der Waals surface area contributed by atoms with Gasteiger partial charge in [0, 0.05) is 17.9 Å². The standard InChI is InChI=1S/C13H23N3O/c1-4-9(2)12-15-13(17-16-12)10-5-7-11(14-3)8-6-10/h9-11,14H,4-8H2,1-3H3. The van der Waals surface area contributed by atoms with Gasteiger partial charge in [0.1, 0.15) is 0 Å². The van der Waals surface area contributed by atoms with Crippen molar-refractivity contribution < 1.29 is 4.52 Å². The minimum atomic E-state index is 0.404. The predicted molar refractivity (Wildman–Crippen MR) is 67.1 cm³/mol. The van der Waals surface area contributed by atoms with E-state index in [-0.39, 0.29) is 0 Å². The van der Waals surface area contributed by atoms with Crippen molar-refractivity contribution in [2.75, 3.05) is 7.05 Å². The van der Waals surface area contributed by atoms with Crippen LogP contribution in [0.2, 0.25) is 0 Å². The number of nitrogens with one attached hydrogen (secondary N) is 1. The van der Waals surface area contributed by atoms with Crippen molar-refractivity contribution in [2.24, 2.45) is 0 Å². The van der Waals surface area contributed by atoms with Crippen LogP contribution in [0.15, 0.2) is 4.52 Å². The molecule has 96 valence electrons. The molecule has 4 nitrogen and oxygen atoms in total. The van der Waals surface area contributed by atoms with Gasteiger partial charge < -0.3 is 9.84 Å². The van der Waals surface area contributed by atoms with Crippen molar-refractivity contribution in [1.29, 1.82) is 0 Å². The molecule has 0 aliphatic heterocycles. The third kappa shape index (κ3) is 2.86. The lowest BCUT2D eigenvalue weighted by atomic mass is 9.86. The van der Waals surface area contributed by atoms with Crippen molar-refractivity contribution in [3.8, 4) is 0 Å². The minimum absolute atomic E-state index is 0.404. The van der Waals surface area contributed by atoms with E-state index in [0.29, 0.717) is 17.9 Å². The van der Waals surface area contributed by atoms with E-state index in [1.807, 2.05) is 7.05 Å². The Morgan fingerprint density at radius 3 is 2.65 bits per heavy atom. The zero-order valence-corrected chi connectivity index (χ0v) is 11.1. The normalized spacial score (nSPS) is 27.0. The van der Waals surface area contributed by atoms with Crippen molar-refractivity contribution in [3.63, 3.8) is 0 Å². The average molecular weight is 237 g/mol. The highest BCUT2D eigenvalue weighted by Gasteiger charge is 2.26. The van der Waals surface area contributed by atoms with E-state index in [0.717, 1.165) is 31.0 Å². The van der Waals surface area contributed by atoms with Crippen molar-refractivity contribution in [3.05, 3.63) is 11.7 Å². The van der Waals surface area contributed by atoms with Crippen LogP contribution in [0, 0.1) is 0 Å². The Morgan fingerprint density at radius 2 is 2.06 bits per heavy atom. The summed E-state index contributed by atoms with van der Waals surface area (Å²) in [5.41, 5.74) is 0. The maximum Gasteiger partial charge on any atom is 0.229 e. The molecule has 0 spiro atoms. The van der Waals surface area contributed by atoms with Gasteiger partial charge in [0.25, 0.3) is 0 Å². The highest BCUT2D eigenvalue weighted by Crippen LogP contribution is 2.32. The Bertz CT molecular complexity index is 342. The molecule has 1 aromatic rings. The van der Waals surface area contributed by atoms with Crippen LogP contribution in [-0.4, -0.2) is 23.2 Å². The van der Waals surface area contributed by atoms with E-state index >= 15 is 0 Å². The summed E-state index contributed by atoms with van der Waals surface area (Å²) >= 11 is 0. The second kappa shape index (κ2) is 5.63. The van der Waals surface area contributed by atoms with E-state index in [2.05, 4.69) is 29.3 Å². The van der Waals surface area contributed by atoms with Gasteiger partial charge in [-0.2, -0.15) is 4.98 Å². The molecule has 1 aliphatic rings. The fraction of sp³-hybridized carbons (Fsp3) is 0.846. The third-order valence-corrected chi connectivity index (χ3v) is 4.00. The van der Waals surface area contributed by atoms with Crippen molar-refractivity contribution >= 4 is 0 Å². The van der Waals surface area contributed by atoms with Crippen LogP contribution in [0.4, 0.5) is 0 Å². The van der Waals surface area contributed by atoms with E-state index < -0.39 is 0 Å². The fourth-order valence-electron chi connectivity index (χ4n) is 2.42. The van der Waals surface area contributed by atoms with Gasteiger partial charge in [-0.15, -0.1) is 0 Å². The van der Waals surface area contributed by atoms with Crippen molar-refractivity contribution in [1.82, 2.24) is 15.5 Å². The summed E-state index contributed by atoms with van der Waals surface area (Å²) in [5, 5.41) is 7.44. The summed E-state index contributed by atoms with van der Waals surface area (Å²) in [6.07, 6.45) is 5.80. The third-order valence-electron chi connectivity index (χ3n) is 4.00. The summed E-state index contributed by atoms with van der Waals surface area (Å²) in [6, 6.07) is 0.670. The fourth-order valence-corrected chi connectivity index (χ4v) is 2.42. The van der Waals surface area contributed by atoms with Crippen LogP contribution in [0.1, 0.15) is 69.5 Å². The molecule has 1 N–H and O–H groups in total. The Kier molecular flexibility index (Phi) is 4.15. The average Bonchev–Trinajstić information content (AvgIpc) is 2.87. The molecule has 1 unspecified atom stereocenters. The molecular weight excluding hydrogens is 214 g/mol. The Morgan fingerprint density at radius 1 is 1.35 bits per heavy atom. The Labute approximate surface area is 103 Å². The summed E-state index contributed by atoms with van der Waals surface area (Å²) in [7, 11) is 2.04. The second-order valence-electron chi connectivity index (χ2n) is 5.14. The molecule has 1 aromatic heterocycles. The largest absolute Gasteiger partial charge is 0.339 e. The van der Waals surface area contributed by atoms with Crippen molar-refractivity contribution in [2.45, 2.75) is 63.8 Å². The van der Waals surface area contributed by atoms with Gasteiger partial charge in [-0.25, -0.2) is 0 Å². The SMILES string of the molecule is CCC(C)c1noc(C2CCC(NC)CC2)n1. The molecule has 1 aliphatic carbocycles. The van der Waals surface area contributed by atoms with E-state index in [1.54, 1.807) is 0 Å². The van der Waals surface area contributed by atoms with Gasteiger partial charge in [0.2, 0.25) is 5.89 Å². The molecule has 0 bridgehead atoms. The maximum atomic E-state index is 5.41. The number of rotatable bonds is 4. The number of nitrogens with zero attached hydrogens (tertiary/aromatic N) is 2. The topological polar surface area (TPSA) is 51.0 Å². The first-order valence-corrected chi connectivity index (χ1v) is 6.75. The monoisotopic (exact) mass is 237 g/mol. The van der Waals surface area contributed by atoms with Gasteiger partial charge in [-0.3, -0.25) is 0 Å². The molecule has 0 amide bonds. The van der Waals surface area contributed by atoms with Gasteiger partial charge in [-0.05, 0) is 39.2 Å². The number of aromatic nitrogens is 2. The number of hydrogen-bond acceptors (Lipinski definition) is 4. The Hall–Kier alpha value is -0.900. The molecule has 1 heterocycles. The summed E-state index contributed by atoms with van der Waals surface area (Å²) < 4.78 is 5.41. The molecule has 17 heavy (non-hydrogen) atoms. The van der Waals surface area contributed by atoms with Crippen LogP contribution in [-0.2, 0) is 0 Å². The van der Waals surface area contributed by atoms with Crippen LogP contribution in [0.5, 0.6) is 0 Å². The van der Waals surface area contributed by atoms with Crippen LogP contribution in [0.25, 0.3) is 0 Å². The molecule has 1 fully saturated rings. The van der Waals surface area contributed by atoms with Crippen LogP contribution < -0.4 is 5.32 Å². The quantitative estimate of drug-likeness (QED) is 0.875. The summed E-state index contributed by atoms with van der Waals surface area (Å²) in [4.78, 5) is 4.56. The minimum Gasteiger partial charge on any atom is -0.339 e. The maximum absolute atomic E-state index is 5.41. The lowest BCUT2D eigenvalue weighted by Gasteiger charge is -2.25. The van der Waals surface area contributed by atoms with E-state index in [9.17, 15) is 0 Å².